The van der Waals surface area contributed by atoms with Gasteiger partial charge in [-0.05, 0) is 37.8 Å². The molecule has 10 heteroatoms. The Kier molecular flexibility index (Phi) is 6.76. The highest BCUT2D eigenvalue weighted by Crippen LogP contribution is 2.33. The minimum Gasteiger partial charge on any atom is -0.378 e. The summed E-state index contributed by atoms with van der Waals surface area (Å²) in [5, 5.41) is 4.22. The number of hydrogen-bond donors (Lipinski definition) is 3. The van der Waals surface area contributed by atoms with Gasteiger partial charge in [-0.15, -0.1) is 23.7 Å². The molecule has 3 aromatic rings. The van der Waals surface area contributed by atoms with E-state index in [4.69, 9.17) is 20.4 Å². The van der Waals surface area contributed by atoms with Crippen LogP contribution in [0.1, 0.15) is 25.7 Å². The van der Waals surface area contributed by atoms with E-state index < -0.39 is 0 Å². The average molecular weight is 463 g/mol. The molecule has 0 amide bonds. The number of nitrogens with two attached hydrogens (primary N) is 1. The van der Waals surface area contributed by atoms with E-state index in [0.29, 0.717) is 48.6 Å². The van der Waals surface area contributed by atoms with Crippen LogP contribution in [-0.2, 0) is 4.74 Å². The van der Waals surface area contributed by atoms with Crippen LogP contribution >= 0.6 is 23.7 Å². The van der Waals surface area contributed by atoms with Gasteiger partial charge in [-0.2, -0.15) is 4.98 Å². The zero-order chi connectivity index (χ0) is 20.5. The van der Waals surface area contributed by atoms with Crippen molar-refractivity contribution in [2.24, 2.45) is 5.73 Å². The Labute approximate surface area is 190 Å². The first-order chi connectivity index (χ1) is 14.7. The fourth-order valence-corrected chi connectivity index (χ4v) is 5.23. The Balaban J connectivity index is 0.00000231. The number of nitrogens with one attached hydrogen (secondary N) is 2. The minimum atomic E-state index is -0.173. The van der Waals surface area contributed by atoms with E-state index in [-0.39, 0.29) is 30.0 Å². The number of morpholine rings is 1. The van der Waals surface area contributed by atoms with Gasteiger partial charge in [0.25, 0.3) is 5.56 Å². The van der Waals surface area contributed by atoms with Crippen LogP contribution in [0, 0.1) is 0 Å². The largest absolute Gasteiger partial charge is 0.378 e. The molecule has 8 nitrogen and oxygen atoms in total. The quantitative estimate of drug-likeness (QED) is 0.546. The first-order valence-electron chi connectivity index (χ1n) is 10.5. The summed E-state index contributed by atoms with van der Waals surface area (Å²) < 4.78 is 6.49. The molecule has 3 heterocycles. The lowest BCUT2D eigenvalue weighted by molar-refractivity contribution is 0.122. The molecule has 1 aliphatic heterocycles. The highest BCUT2D eigenvalue weighted by atomic mass is 35.5. The van der Waals surface area contributed by atoms with Crippen molar-refractivity contribution in [1.82, 2.24) is 15.0 Å². The molecule has 1 aromatic carbocycles. The lowest BCUT2D eigenvalue weighted by Crippen LogP contribution is -2.39. The van der Waals surface area contributed by atoms with Crippen LogP contribution in [0.25, 0.3) is 20.8 Å². The van der Waals surface area contributed by atoms with Crippen molar-refractivity contribution in [3.8, 4) is 10.6 Å². The fraction of sp³-hybridized carbons (Fsp3) is 0.476. The van der Waals surface area contributed by atoms with E-state index in [9.17, 15) is 4.79 Å². The van der Waals surface area contributed by atoms with Gasteiger partial charge in [0.15, 0.2) is 0 Å². The number of para-hydroxylation sites is 1. The summed E-state index contributed by atoms with van der Waals surface area (Å²) in [5.74, 6) is 1.18. The number of anilines is 2. The van der Waals surface area contributed by atoms with Crippen LogP contribution in [0.3, 0.4) is 0 Å². The Morgan fingerprint density at radius 3 is 2.77 bits per heavy atom. The number of nitrogens with zero attached hydrogens (tertiary/aromatic N) is 3. The molecule has 2 aromatic heterocycles. The first kappa shape index (κ1) is 22.0. The van der Waals surface area contributed by atoms with Crippen molar-refractivity contribution < 1.29 is 4.74 Å². The van der Waals surface area contributed by atoms with E-state index >= 15 is 0 Å². The second kappa shape index (κ2) is 9.52. The number of hydrogen-bond acceptors (Lipinski definition) is 8. The topological polar surface area (TPSA) is 109 Å². The molecule has 0 spiro atoms. The van der Waals surface area contributed by atoms with Gasteiger partial charge in [0.1, 0.15) is 16.4 Å². The predicted octanol–water partition coefficient (Wildman–Crippen LogP) is 2.99. The number of fused-ring (bicyclic) bond motifs is 1. The normalized spacial score (nSPS) is 21.6. The number of aromatic amines is 1. The molecular weight excluding hydrogens is 436 g/mol. The van der Waals surface area contributed by atoms with E-state index in [0.717, 1.165) is 35.9 Å². The van der Waals surface area contributed by atoms with E-state index in [1.54, 1.807) is 0 Å². The van der Waals surface area contributed by atoms with Gasteiger partial charge < -0.3 is 20.7 Å². The Bertz CT molecular complexity index is 1060. The molecule has 2 atom stereocenters. The lowest BCUT2D eigenvalue weighted by Gasteiger charge is -2.30. The zero-order valence-corrected chi connectivity index (χ0v) is 18.8. The third-order valence-corrected chi connectivity index (χ3v) is 6.83. The van der Waals surface area contributed by atoms with Crippen LogP contribution in [0.15, 0.2) is 29.1 Å². The number of ether oxygens (including phenoxy) is 1. The summed E-state index contributed by atoms with van der Waals surface area (Å²) in [7, 11) is 0. The van der Waals surface area contributed by atoms with Crippen LogP contribution in [0.2, 0.25) is 0 Å². The van der Waals surface area contributed by atoms with Crippen molar-refractivity contribution in [1.29, 1.82) is 0 Å². The van der Waals surface area contributed by atoms with Crippen LogP contribution in [0.4, 0.5) is 11.8 Å². The highest BCUT2D eigenvalue weighted by molar-refractivity contribution is 7.21. The molecule has 4 N–H and O–H groups in total. The van der Waals surface area contributed by atoms with Crippen molar-refractivity contribution in [2.75, 3.05) is 36.5 Å². The van der Waals surface area contributed by atoms with Crippen molar-refractivity contribution >= 4 is 45.7 Å². The van der Waals surface area contributed by atoms with Crippen molar-refractivity contribution in [3.63, 3.8) is 0 Å². The molecule has 5 rings (SSSR count). The SMILES string of the molecule is Cl.NC1CCCC(Nc2nc(N3CCOCC3)[nH]c(=O)c2-c2nc3ccccc3s2)C1. The van der Waals surface area contributed by atoms with E-state index in [1.807, 2.05) is 24.3 Å². The van der Waals surface area contributed by atoms with E-state index in [1.165, 1.54) is 11.3 Å². The smallest absolute Gasteiger partial charge is 0.264 e. The summed E-state index contributed by atoms with van der Waals surface area (Å²) in [6.07, 6.45) is 4.02. The third-order valence-electron chi connectivity index (χ3n) is 5.78. The molecule has 1 saturated heterocycles. The number of halogens is 1. The molecule has 0 bridgehead atoms. The first-order valence-corrected chi connectivity index (χ1v) is 11.3. The predicted molar refractivity (Wildman–Crippen MR) is 128 cm³/mol. The summed E-state index contributed by atoms with van der Waals surface area (Å²) in [6, 6.07) is 8.31. The maximum Gasteiger partial charge on any atom is 0.264 e. The summed E-state index contributed by atoms with van der Waals surface area (Å²) in [4.78, 5) is 27.8. The second-order valence-electron chi connectivity index (χ2n) is 7.97. The fourth-order valence-electron chi connectivity index (χ4n) is 4.22. The molecular formula is C21H27ClN6O2S. The van der Waals surface area contributed by atoms with Gasteiger partial charge in [0.05, 0.1) is 23.4 Å². The van der Waals surface area contributed by atoms with Gasteiger partial charge >= 0.3 is 0 Å². The van der Waals surface area contributed by atoms with Gasteiger partial charge in [-0.25, -0.2) is 4.98 Å². The number of H-pyrrole nitrogens is 1. The van der Waals surface area contributed by atoms with Gasteiger partial charge in [-0.3, -0.25) is 9.78 Å². The Hall–Kier alpha value is -2.20. The molecule has 2 unspecified atom stereocenters. The van der Waals surface area contributed by atoms with Crippen molar-refractivity contribution in [2.45, 2.75) is 37.8 Å². The number of thiazole rings is 1. The standard InChI is InChI=1S/C21H26N6O2S.ClH/c22-13-4-3-5-14(12-13)23-18-17(20-24-15-6-1-2-7-16(15)30-20)19(28)26-21(25-18)27-8-10-29-11-9-27;/h1-2,6-7,13-14H,3-5,8-12,22H2,(H2,23,25,26,28);1H. The maximum absolute atomic E-state index is 13.2. The van der Waals surface area contributed by atoms with Crippen LogP contribution in [0.5, 0.6) is 0 Å². The molecule has 2 aliphatic rings. The molecule has 2 fully saturated rings. The number of benzene rings is 1. The number of rotatable bonds is 4. The van der Waals surface area contributed by atoms with E-state index in [2.05, 4.69) is 15.2 Å². The molecule has 1 aliphatic carbocycles. The average Bonchev–Trinajstić information content (AvgIpc) is 3.17. The summed E-state index contributed by atoms with van der Waals surface area (Å²) >= 11 is 1.51. The van der Waals surface area contributed by atoms with Gasteiger partial charge in [0, 0.05) is 25.2 Å². The van der Waals surface area contributed by atoms with Gasteiger partial charge in [0.2, 0.25) is 5.95 Å². The molecule has 1 saturated carbocycles. The summed E-state index contributed by atoms with van der Waals surface area (Å²) in [6.45, 7) is 2.67. The van der Waals surface area contributed by atoms with Crippen molar-refractivity contribution in [3.05, 3.63) is 34.6 Å². The number of aromatic nitrogens is 3. The van der Waals surface area contributed by atoms with Crippen LogP contribution in [-0.4, -0.2) is 53.3 Å². The Morgan fingerprint density at radius 2 is 2.00 bits per heavy atom. The van der Waals surface area contributed by atoms with Gasteiger partial charge in [-0.1, -0.05) is 12.1 Å². The third kappa shape index (κ3) is 4.69. The maximum atomic E-state index is 13.2. The zero-order valence-electron chi connectivity index (χ0n) is 17.2. The molecule has 31 heavy (non-hydrogen) atoms. The minimum absolute atomic E-state index is 0. The molecule has 166 valence electrons. The Morgan fingerprint density at radius 1 is 1.19 bits per heavy atom. The lowest BCUT2D eigenvalue weighted by atomic mass is 9.91. The van der Waals surface area contributed by atoms with Crippen LogP contribution < -0.4 is 21.5 Å². The second-order valence-corrected chi connectivity index (χ2v) is 9.00. The summed E-state index contributed by atoms with van der Waals surface area (Å²) in [5.41, 5.74) is 7.42. The highest BCUT2D eigenvalue weighted by Gasteiger charge is 2.25. The molecule has 0 radical (unpaired) electrons. The monoisotopic (exact) mass is 462 g/mol.